The van der Waals surface area contributed by atoms with Crippen molar-refractivity contribution in [1.29, 1.82) is 0 Å². The second-order valence-corrected chi connectivity index (χ2v) is 8.83. The minimum absolute atomic E-state index is 0.00508. The molecule has 8 heteroatoms. The number of carbonyl (C=O) groups excluding carboxylic acids is 1. The minimum atomic E-state index is -3.72. The molecule has 1 aromatic carbocycles. The van der Waals surface area contributed by atoms with E-state index in [1.165, 1.54) is 16.4 Å². The van der Waals surface area contributed by atoms with E-state index in [0.29, 0.717) is 31.7 Å². The smallest absolute Gasteiger partial charge is 0.251 e. The first-order valence-electron chi connectivity index (χ1n) is 8.54. The summed E-state index contributed by atoms with van der Waals surface area (Å²) in [6.45, 7) is 6.15. The van der Waals surface area contributed by atoms with Crippen LogP contribution in [0.15, 0.2) is 23.1 Å². The molecule has 1 saturated heterocycles. The standard InChI is InChI=1S/C17H26ClN3O3S/c1-4-5-13(2)19-17(22)14-6-7-15(18)16(12-14)25(23,24)21-10-8-20(3)9-11-21/h6-7,12-13H,4-5,8-11H2,1-3H3,(H,19,22)/t13-/m0/s1. The van der Waals surface area contributed by atoms with Gasteiger partial charge in [0.2, 0.25) is 10.0 Å². The molecule has 1 amide bonds. The minimum Gasteiger partial charge on any atom is -0.350 e. The number of nitrogens with one attached hydrogen (secondary N) is 1. The van der Waals surface area contributed by atoms with E-state index in [1.807, 2.05) is 20.9 Å². The molecule has 0 aromatic heterocycles. The zero-order valence-electron chi connectivity index (χ0n) is 15.0. The topological polar surface area (TPSA) is 69.7 Å². The molecule has 6 nitrogen and oxygen atoms in total. The third-order valence-corrected chi connectivity index (χ3v) is 6.75. The summed E-state index contributed by atoms with van der Waals surface area (Å²) in [4.78, 5) is 14.4. The SMILES string of the molecule is CCC[C@H](C)NC(=O)c1ccc(Cl)c(S(=O)(=O)N2CCN(C)CC2)c1. The molecule has 1 heterocycles. The van der Waals surface area contributed by atoms with Crippen molar-refractivity contribution in [2.24, 2.45) is 0 Å². The third kappa shape index (κ3) is 4.94. The van der Waals surface area contributed by atoms with Gasteiger partial charge in [0.25, 0.3) is 5.91 Å². The summed E-state index contributed by atoms with van der Waals surface area (Å²) in [5.74, 6) is -0.285. The largest absolute Gasteiger partial charge is 0.350 e. The average Bonchev–Trinajstić information content (AvgIpc) is 2.55. The molecule has 2 rings (SSSR count). The van der Waals surface area contributed by atoms with Gasteiger partial charge in [-0.25, -0.2) is 8.42 Å². The predicted molar refractivity (Wildman–Crippen MR) is 99.5 cm³/mol. The number of piperazine rings is 1. The van der Waals surface area contributed by atoms with Gasteiger partial charge in [0, 0.05) is 37.8 Å². The van der Waals surface area contributed by atoms with Crippen LogP contribution in [0.5, 0.6) is 0 Å². The second-order valence-electron chi connectivity index (χ2n) is 6.52. The van der Waals surface area contributed by atoms with Crippen molar-refractivity contribution < 1.29 is 13.2 Å². The predicted octanol–water partition coefficient (Wildman–Crippen LogP) is 2.19. The molecule has 0 bridgehead atoms. The van der Waals surface area contributed by atoms with Crippen molar-refractivity contribution in [1.82, 2.24) is 14.5 Å². The average molecular weight is 388 g/mol. The first-order valence-corrected chi connectivity index (χ1v) is 10.4. The lowest BCUT2D eigenvalue weighted by Crippen LogP contribution is -2.47. The lowest BCUT2D eigenvalue weighted by atomic mass is 10.1. The molecule has 1 aromatic rings. The Morgan fingerprint density at radius 2 is 1.92 bits per heavy atom. The number of nitrogens with zero attached hydrogens (tertiary/aromatic N) is 2. The van der Waals surface area contributed by atoms with Gasteiger partial charge in [-0.05, 0) is 38.6 Å². The molecule has 0 aliphatic carbocycles. The van der Waals surface area contributed by atoms with Crippen LogP contribution in [-0.2, 0) is 10.0 Å². The number of likely N-dealkylation sites (N-methyl/N-ethyl adjacent to an activating group) is 1. The van der Waals surface area contributed by atoms with Gasteiger partial charge in [-0.3, -0.25) is 4.79 Å². The molecular weight excluding hydrogens is 362 g/mol. The van der Waals surface area contributed by atoms with Crippen molar-refractivity contribution in [3.05, 3.63) is 28.8 Å². The van der Waals surface area contributed by atoms with E-state index in [-0.39, 0.29) is 21.9 Å². The number of halogens is 1. The number of hydrogen-bond donors (Lipinski definition) is 1. The summed E-state index contributed by atoms with van der Waals surface area (Å²) in [7, 11) is -1.76. The maximum atomic E-state index is 12.9. The van der Waals surface area contributed by atoms with Crippen molar-refractivity contribution in [3.8, 4) is 0 Å². The highest BCUT2D eigenvalue weighted by Gasteiger charge is 2.30. The zero-order valence-corrected chi connectivity index (χ0v) is 16.5. The van der Waals surface area contributed by atoms with Crippen LogP contribution in [0.3, 0.4) is 0 Å². The molecule has 1 N–H and O–H groups in total. The van der Waals surface area contributed by atoms with E-state index in [1.54, 1.807) is 6.07 Å². The lowest BCUT2D eigenvalue weighted by molar-refractivity contribution is 0.0938. The summed E-state index contributed by atoms with van der Waals surface area (Å²) < 4.78 is 27.2. The maximum Gasteiger partial charge on any atom is 0.251 e. The molecule has 1 fully saturated rings. The molecule has 1 aliphatic heterocycles. The van der Waals surface area contributed by atoms with Crippen molar-refractivity contribution in [2.75, 3.05) is 33.2 Å². The van der Waals surface area contributed by atoms with Crippen molar-refractivity contribution in [3.63, 3.8) is 0 Å². The molecule has 0 spiro atoms. The fourth-order valence-electron chi connectivity index (χ4n) is 2.82. The Kier molecular flexibility index (Phi) is 6.85. The van der Waals surface area contributed by atoms with Gasteiger partial charge in [-0.15, -0.1) is 0 Å². The van der Waals surface area contributed by atoms with Crippen LogP contribution in [-0.4, -0.2) is 62.8 Å². The highest BCUT2D eigenvalue weighted by atomic mass is 35.5. The van der Waals surface area contributed by atoms with Crippen LogP contribution >= 0.6 is 11.6 Å². The van der Waals surface area contributed by atoms with Crippen LogP contribution in [0.4, 0.5) is 0 Å². The fourth-order valence-corrected chi connectivity index (χ4v) is 4.74. The van der Waals surface area contributed by atoms with Gasteiger partial charge in [-0.1, -0.05) is 24.9 Å². The normalized spacial score (nSPS) is 18.1. The van der Waals surface area contributed by atoms with Crippen molar-refractivity contribution >= 4 is 27.5 Å². The van der Waals surface area contributed by atoms with Crippen LogP contribution in [0.1, 0.15) is 37.0 Å². The Balaban J connectivity index is 2.25. The Bertz CT molecular complexity index is 716. The molecule has 1 aliphatic rings. The molecule has 0 unspecified atom stereocenters. The van der Waals surface area contributed by atoms with Crippen LogP contribution in [0.25, 0.3) is 0 Å². The number of carbonyl (C=O) groups is 1. The number of sulfonamides is 1. The Morgan fingerprint density at radius 1 is 1.28 bits per heavy atom. The lowest BCUT2D eigenvalue weighted by Gasteiger charge is -2.31. The zero-order chi connectivity index (χ0) is 18.6. The first-order chi connectivity index (χ1) is 11.8. The van der Waals surface area contributed by atoms with Crippen LogP contribution < -0.4 is 5.32 Å². The Hall–Kier alpha value is -1.15. The first kappa shape index (κ1) is 20.2. The van der Waals surface area contributed by atoms with Gasteiger partial charge in [-0.2, -0.15) is 4.31 Å². The van der Waals surface area contributed by atoms with Gasteiger partial charge in [0.05, 0.1) is 5.02 Å². The molecule has 1 atom stereocenters. The number of hydrogen-bond acceptors (Lipinski definition) is 4. The molecular formula is C17H26ClN3O3S. The molecule has 140 valence electrons. The molecule has 25 heavy (non-hydrogen) atoms. The third-order valence-electron chi connectivity index (χ3n) is 4.37. The van der Waals surface area contributed by atoms with E-state index in [4.69, 9.17) is 11.6 Å². The van der Waals surface area contributed by atoms with E-state index in [0.717, 1.165) is 12.8 Å². The van der Waals surface area contributed by atoms with Gasteiger partial charge in [0.1, 0.15) is 4.90 Å². The van der Waals surface area contributed by atoms with E-state index in [9.17, 15) is 13.2 Å². The summed E-state index contributed by atoms with van der Waals surface area (Å²) in [5.41, 5.74) is 0.306. The summed E-state index contributed by atoms with van der Waals surface area (Å²) in [6.07, 6.45) is 1.83. The summed E-state index contributed by atoms with van der Waals surface area (Å²) >= 11 is 6.14. The highest BCUT2D eigenvalue weighted by Crippen LogP contribution is 2.26. The monoisotopic (exact) mass is 387 g/mol. The van der Waals surface area contributed by atoms with Crippen molar-refractivity contribution in [2.45, 2.75) is 37.6 Å². The Morgan fingerprint density at radius 3 is 2.52 bits per heavy atom. The van der Waals surface area contributed by atoms with Crippen LogP contribution in [0, 0.1) is 0 Å². The van der Waals surface area contributed by atoms with E-state index < -0.39 is 10.0 Å². The van der Waals surface area contributed by atoms with E-state index >= 15 is 0 Å². The summed E-state index contributed by atoms with van der Waals surface area (Å²) in [5, 5.41) is 3.02. The number of amides is 1. The quantitative estimate of drug-likeness (QED) is 0.812. The Labute approximate surface area is 155 Å². The second kappa shape index (κ2) is 8.49. The molecule has 0 radical (unpaired) electrons. The fraction of sp³-hybridized carbons (Fsp3) is 0.588. The van der Waals surface area contributed by atoms with E-state index in [2.05, 4.69) is 10.2 Å². The number of benzene rings is 1. The van der Waals surface area contributed by atoms with Gasteiger partial charge in [0.15, 0.2) is 0 Å². The molecule has 0 saturated carbocycles. The maximum absolute atomic E-state index is 12.9. The summed E-state index contributed by atoms with van der Waals surface area (Å²) in [6, 6.07) is 4.44. The highest BCUT2D eigenvalue weighted by molar-refractivity contribution is 7.89. The van der Waals surface area contributed by atoms with Gasteiger partial charge >= 0.3 is 0 Å². The van der Waals surface area contributed by atoms with Crippen LogP contribution in [0.2, 0.25) is 5.02 Å². The van der Waals surface area contributed by atoms with Gasteiger partial charge < -0.3 is 10.2 Å². The number of rotatable bonds is 6.